The molecule has 0 unspecified atom stereocenters. The van der Waals surface area contributed by atoms with E-state index >= 15 is 0 Å². The van der Waals surface area contributed by atoms with E-state index in [2.05, 4.69) is 38.0 Å². The molecule has 0 fully saturated rings. The molecule has 13 heavy (non-hydrogen) atoms. The molecule has 0 spiro atoms. The molecule has 0 N–H and O–H groups in total. The number of aliphatic imine (C=N–C) groups is 1. The molecule has 0 aromatic heterocycles. The first kappa shape index (κ1) is 12.6. The quantitative estimate of drug-likeness (QED) is 0.279. The second-order valence-corrected chi connectivity index (χ2v) is 9.29. The fourth-order valence-electron chi connectivity index (χ4n) is 1.65. The number of hydrogen-bond acceptors (Lipinski definition) is 2. The van der Waals surface area contributed by atoms with Gasteiger partial charge >= 0.3 is 0 Å². The first-order valence-electron chi connectivity index (χ1n) is 4.87. The molecule has 0 aromatic rings. The van der Waals surface area contributed by atoms with Crippen LogP contribution in [0.25, 0.3) is 0 Å². The van der Waals surface area contributed by atoms with Crippen molar-refractivity contribution in [2.75, 3.05) is 6.54 Å². The Hall–Kier alpha value is -0.403. The second-order valence-electron chi connectivity index (χ2n) is 4.48. The normalized spacial score (nSPS) is 11.5. The minimum absolute atomic E-state index is 0.645. The van der Waals surface area contributed by atoms with Crippen molar-refractivity contribution < 1.29 is 4.79 Å². The Morgan fingerprint density at radius 2 is 2.08 bits per heavy atom. The maximum absolute atomic E-state index is 9.82. The Balaban J connectivity index is 3.68. The van der Waals surface area contributed by atoms with E-state index < -0.39 is 8.07 Å². The summed E-state index contributed by atoms with van der Waals surface area (Å²) in [6, 6.07) is 3.70. The van der Waals surface area contributed by atoms with Crippen LogP contribution in [0, 0.1) is 12.0 Å². The van der Waals surface area contributed by atoms with E-state index in [1.54, 1.807) is 6.08 Å². The molecule has 0 aliphatic carbocycles. The van der Waals surface area contributed by atoms with Crippen LogP contribution in [-0.4, -0.2) is 20.7 Å². The lowest BCUT2D eigenvalue weighted by Gasteiger charge is -2.23. The first-order valence-corrected chi connectivity index (χ1v) is 8.16. The fraction of sp³-hybridized carbons (Fsp3) is 0.800. The maximum Gasteiger partial charge on any atom is 0.234 e. The zero-order valence-corrected chi connectivity index (χ0v) is 10.1. The highest BCUT2D eigenvalue weighted by Gasteiger charge is 2.21. The summed E-state index contributed by atoms with van der Waals surface area (Å²) in [5.74, 6) is 0.677. The smallest absolute Gasteiger partial charge is 0.211 e. The van der Waals surface area contributed by atoms with Gasteiger partial charge in [0.1, 0.15) is 0 Å². The summed E-state index contributed by atoms with van der Waals surface area (Å²) >= 11 is 0. The van der Waals surface area contributed by atoms with Crippen molar-refractivity contribution in [3.8, 4) is 0 Å². The average Bonchev–Trinajstić information content (AvgIpc) is 1.95. The molecule has 2 nitrogen and oxygen atoms in total. The molecule has 0 amide bonds. The predicted molar refractivity (Wildman–Crippen MR) is 59.0 cm³/mol. The van der Waals surface area contributed by atoms with Crippen molar-refractivity contribution in [1.82, 2.24) is 0 Å². The van der Waals surface area contributed by atoms with Gasteiger partial charge in [-0.2, -0.15) is 0 Å². The van der Waals surface area contributed by atoms with Crippen LogP contribution in [0.1, 0.15) is 20.3 Å². The van der Waals surface area contributed by atoms with Crippen LogP contribution in [0.15, 0.2) is 4.99 Å². The topological polar surface area (TPSA) is 29.4 Å². The standard InChI is InChI=1S/C10H20NOSi/c1-10(2)8-13(3,4)7-5-6-11-9-12/h8,10H,5-7H2,1-4H3. The van der Waals surface area contributed by atoms with Gasteiger partial charge in [0.25, 0.3) is 0 Å². The third kappa shape index (κ3) is 7.94. The van der Waals surface area contributed by atoms with Crippen molar-refractivity contribution in [3.05, 3.63) is 6.04 Å². The fourth-order valence-corrected chi connectivity index (χ4v) is 4.69. The van der Waals surface area contributed by atoms with Crippen molar-refractivity contribution in [2.24, 2.45) is 10.9 Å². The van der Waals surface area contributed by atoms with Crippen LogP contribution >= 0.6 is 0 Å². The minimum Gasteiger partial charge on any atom is -0.211 e. The summed E-state index contributed by atoms with van der Waals surface area (Å²) < 4.78 is 0. The maximum atomic E-state index is 9.82. The molecule has 0 aliphatic heterocycles. The zero-order chi connectivity index (χ0) is 10.3. The monoisotopic (exact) mass is 198 g/mol. The van der Waals surface area contributed by atoms with Crippen molar-refractivity contribution in [2.45, 2.75) is 39.4 Å². The zero-order valence-electron chi connectivity index (χ0n) is 9.13. The summed E-state index contributed by atoms with van der Waals surface area (Å²) in [5.41, 5.74) is 0. The van der Waals surface area contributed by atoms with E-state index in [0.29, 0.717) is 12.5 Å². The number of nitrogens with zero attached hydrogens (tertiary/aromatic N) is 1. The third-order valence-corrected chi connectivity index (χ3v) is 5.15. The van der Waals surface area contributed by atoms with E-state index in [0.717, 1.165) is 6.42 Å². The molecule has 0 bridgehead atoms. The van der Waals surface area contributed by atoms with Gasteiger partial charge in [0.15, 0.2) is 0 Å². The lowest BCUT2D eigenvalue weighted by atomic mass is 10.3. The van der Waals surface area contributed by atoms with Crippen molar-refractivity contribution in [3.63, 3.8) is 0 Å². The van der Waals surface area contributed by atoms with Crippen LogP contribution in [0.4, 0.5) is 0 Å². The van der Waals surface area contributed by atoms with Crippen LogP contribution in [0.3, 0.4) is 0 Å². The Labute approximate surface area is 82.5 Å². The average molecular weight is 198 g/mol. The molecule has 1 radical (unpaired) electrons. The highest BCUT2D eigenvalue weighted by Crippen LogP contribution is 2.19. The van der Waals surface area contributed by atoms with Gasteiger partial charge in [-0.25, -0.2) is 9.79 Å². The van der Waals surface area contributed by atoms with Crippen molar-refractivity contribution in [1.29, 1.82) is 0 Å². The van der Waals surface area contributed by atoms with Gasteiger partial charge in [-0.15, -0.1) is 0 Å². The van der Waals surface area contributed by atoms with Crippen LogP contribution < -0.4 is 0 Å². The van der Waals surface area contributed by atoms with Gasteiger partial charge in [-0.1, -0.05) is 33.0 Å². The van der Waals surface area contributed by atoms with Gasteiger partial charge in [0.2, 0.25) is 6.08 Å². The molecule has 0 atom stereocenters. The molecule has 0 heterocycles. The largest absolute Gasteiger partial charge is 0.234 e. The van der Waals surface area contributed by atoms with Gasteiger partial charge < -0.3 is 0 Å². The Morgan fingerprint density at radius 3 is 2.54 bits per heavy atom. The summed E-state index contributed by atoms with van der Waals surface area (Å²) in [6.07, 6.45) is 2.60. The lowest BCUT2D eigenvalue weighted by molar-refractivity contribution is 0.562. The van der Waals surface area contributed by atoms with Gasteiger partial charge in [0, 0.05) is 0 Å². The molecule has 0 saturated heterocycles. The molecule has 0 saturated carbocycles. The molecular weight excluding hydrogens is 178 g/mol. The van der Waals surface area contributed by atoms with Crippen LogP contribution in [0.2, 0.25) is 19.1 Å². The molecular formula is C10H20NOSi. The summed E-state index contributed by atoms with van der Waals surface area (Å²) in [4.78, 5) is 13.4. The Bertz CT molecular complexity index is 183. The van der Waals surface area contributed by atoms with Crippen molar-refractivity contribution >= 4 is 14.2 Å². The number of isocyanates is 1. The number of rotatable bonds is 6. The van der Waals surface area contributed by atoms with Gasteiger partial charge in [0.05, 0.1) is 14.6 Å². The molecule has 0 rings (SSSR count). The van der Waals surface area contributed by atoms with Gasteiger partial charge in [-0.3, -0.25) is 0 Å². The van der Waals surface area contributed by atoms with E-state index in [4.69, 9.17) is 0 Å². The van der Waals surface area contributed by atoms with E-state index in [1.807, 2.05) is 0 Å². The van der Waals surface area contributed by atoms with Crippen LogP contribution in [-0.2, 0) is 4.79 Å². The minimum atomic E-state index is -1.13. The first-order chi connectivity index (χ1) is 5.98. The highest BCUT2D eigenvalue weighted by atomic mass is 28.3. The predicted octanol–water partition coefficient (Wildman–Crippen LogP) is 2.82. The van der Waals surface area contributed by atoms with Crippen LogP contribution in [0.5, 0.6) is 0 Å². The lowest BCUT2D eigenvalue weighted by Crippen LogP contribution is -2.29. The number of carbonyl (C=O) groups excluding carboxylic acids is 1. The molecule has 75 valence electrons. The van der Waals surface area contributed by atoms with E-state index in [9.17, 15) is 4.79 Å². The molecule has 3 heteroatoms. The van der Waals surface area contributed by atoms with Gasteiger partial charge in [-0.05, 0) is 18.4 Å². The highest BCUT2D eigenvalue weighted by molar-refractivity contribution is 6.80. The Morgan fingerprint density at radius 1 is 1.46 bits per heavy atom. The molecule has 0 aromatic carbocycles. The van der Waals surface area contributed by atoms with E-state index in [-0.39, 0.29) is 0 Å². The van der Waals surface area contributed by atoms with E-state index in [1.165, 1.54) is 6.04 Å². The summed E-state index contributed by atoms with van der Waals surface area (Å²) in [5, 5.41) is 0. The number of hydrogen-bond donors (Lipinski definition) is 0. The summed E-state index contributed by atoms with van der Waals surface area (Å²) in [7, 11) is -1.13. The Kier molecular flexibility index (Phi) is 5.92. The molecule has 0 aliphatic rings. The second kappa shape index (κ2) is 6.11. The summed E-state index contributed by atoms with van der Waals surface area (Å²) in [6.45, 7) is 9.80. The third-order valence-electron chi connectivity index (χ3n) is 1.94. The SMILES string of the molecule is CC(C)[CH][Si](C)(C)CCCN=C=O.